The Morgan fingerprint density at radius 2 is 1.67 bits per heavy atom. The number of hydrogen-bond acceptors (Lipinski definition) is 7. The van der Waals surface area contributed by atoms with Crippen molar-refractivity contribution in [3.05, 3.63) is 83.5 Å². The van der Waals surface area contributed by atoms with Gasteiger partial charge in [-0.2, -0.15) is 5.37 Å². The van der Waals surface area contributed by atoms with Crippen LogP contribution in [0.15, 0.2) is 72.0 Å². The van der Waals surface area contributed by atoms with Gasteiger partial charge in [0.15, 0.2) is 11.6 Å². The molecule has 0 spiro atoms. The molecule has 5 rings (SSSR count). The van der Waals surface area contributed by atoms with Crippen LogP contribution in [-0.2, 0) is 11.8 Å². The summed E-state index contributed by atoms with van der Waals surface area (Å²) in [5, 5.41) is 0.698. The fraction of sp³-hybridized carbons (Fsp3) is 0.167. The van der Waals surface area contributed by atoms with Gasteiger partial charge in [-0.05, 0) is 54.0 Å². The minimum atomic E-state index is -2.05. The minimum absolute atomic E-state index is 0.0224. The lowest BCUT2D eigenvalue weighted by Crippen LogP contribution is -2.28. The molecule has 0 bridgehead atoms. The zero-order valence-electron chi connectivity index (χ0n) is 25.2. The maximum Gasteiger partial charge on any atom is 0.322 e. The van der Waals surface area contributed by atoms with Crippen LogP contribution in [0.4, 0.5) is 15.9 Å². The van der Waals surface area contributed by atoms with E-state index in [9.17, 15) is 4.79 Å². The van der Waals surface area contributed by atoms with Crippen molar-refractivity contribution in [2.24, 2.45) is 7.05 Å². The molecule has 0 saturated heterocycles. The molecule has 10 radical (unpaired) electrons. The lowest BCUT2D eigenvalue weighted by Gasteiger charge is -2.26. The lowest BCUT2D eigenvalue weighted by atomic mass is 9.37. The van der Waals surface area contributed by atoms with E-state index >= 15 is 4.39 Å². The second kappa shape index (κ2) is 13.5. The highest BCUT2D eigenvalue weighted by Crippen LogP contribution is 2.42. The molecular weight excluding hydrogens is 563 g/mol. The number of halogens is 1. The molecule has 9 nitrogen and oxygen atoms in total. The van der Waals surface area contributed by atoms with Gasteiger partial charge in [-0.15, -0.1) is 5.11 Å². The van der Waals surface area contributed by atoms with E-state index in [4.69, 9.17) is 49.7 Å². The first-order valence-electron chi connectivity index (χ1n) is 13.8. The van der Waals surface area contributed by atoms with Crippen LogP contribution >= 0.6 is 0 Å². The van der Waals surface area contributed by atoms with E-state index in [1.807, 2.05) is 18.4 Å². The highest BCUT2D eigenvalue weighted by Gasteiger charge is 2.25. The second-order valence-corrected chi connectivity index (χ2v) is 9.76. The van der Waals surface area contributed by atoms with Crippen LogP contribution in [0.5, 0.6) is 11.8 Å². The third-order valence-electron chi connectivity index (χ3n) is 6.56. The third-order valence-corrected chi connectivity index (χ3v) is 6.56. The molecule has 0 atom stereocenters. The first-order valence-corrected chi connectivity index (χ1v) is 13.8. The van der Waals surface area contributed by atoms with Crippen LogP contribution in [0.1, 0.15) is 19.5 Å². The molecule has 0 aliphatic rings. The zero-order valence-corrected chi connectivity index (χ0v) is 25.2. The van der Waals surface area contributed by atoms with Crippen molar-refractivity contribution in [1.82, 2.24) is 24.5 Å². The number of hydrogen-bond donors (Lipinski definition) is 2. The van der Waals surface area contributed by atoms with Crippen LogP contribution in [0.2, 0.25) is 5.11 Å². The molecule has 0 saturated carbocycles. The number of fused-ring (bicyclic) bond motifs is 1. The molecule has 0 aliphatic heterocycles. The van der Waals surface area contributed by atoms with Crippen LogP contribution < -0.4 is 15.8 Å². The Morgan fingerprint density at radius 3 is 2.27 bits per heavy atom. The maximum atomic E-state index is 15.4. The van der Waals surface area contributed by atoms with Gasteiger partial charge < -0.3 is 20.4 Å². The molecule has 0 unspecified atom stereocenters. The number of nitrogens with zero attached hydrogens (tertiary/aromatic N) is 5. The maximum absolute atomic E-state index is 15.4. The quantitative estimate of drug-likeness (QED) is 0.218. The molecular formula is C30H25B5FN7O2. The molecule has 5 aromatic rings. The Labute approximate surface area is 267 Å². The molecule has 45 heavy (non-hydrogen) atoms. The Hall–Kier alpha value is -4.80. The average Bonchev–Trinajstić information content (AvgIpc) is 3.28. The van der Waals surface area contributed by atoms with Crippen LogP contribution in [-0.4, -0.2) is 69.6 Å². The molecule has 214 valence electrons. The Bertz CT molecular complexity index is 1900. The number of nitrogens with one attached hydrogen (secondary N) is 1. The Balaban J connectivity index is 0.00000226. The molecule has 0 aliphatic carbocycles. The highest BCUT2D eigenvalue weighted by molar-refractivity contribution is 6.65. The fourth-order valence-electron chi connectivity index (χ4n) is 4.69. The highest BCUT2D eigenvalue weighted by atomic mass is 19.1. The van der Waals surface area contributed by atoms with Crippen LogP contribution in [0, 0.1) is 12.7 Å². The number of anilines is 2. The van der Waals surface area contributed by atoms with E-state index in [2.05, 4.69) is 25.3 Å². The number of benzene rings is 2. The van der Waals surface area contributed by atoms with Gasteiger partial charge in [0, 0.05) is 30.2 Å². The fourth-order valence-corrected chi connectivity index (χ4v) is 4.69. The first kappa shape index (κ1) is 33.1. The van der Waals surface area contributed by atoms with E-state index in [0.717, 1.165) is 0 Å². The van der Waals surface area contributed by atoms with Crippen molar-refractivity contribution in [3.8, 4) is 34.1 Å². The smallest absolute Gasteiger partial charge is 0.322 e. The summed E-state index contributed by atoms with van der Waals surface area (Å²) in [4.78, 5) is 29.5. The summed E-state index contributed by atoms with van der Waals surface area (Å²) in [6, 6.07) is 13.0. The molecule has 0 fully saturated rings. The molecule has 3 N–H and O–H groups in total. The SMILES string of the molecule is CC.[B]C([B])=C(C(=O)Nc1ccc(-c2c(-c3ccc(Oc4nccc(C)n4)c(F)c3)c3c(N)ncnc3n2C)cc1)C([B])([B])[B]. The Kier molecular flexibility index (Phi) is 9.90. The summed E-state index contributed by atoms with van der Waals surface area (Å²) in [5.74, 6) is -1.24. The van der Waals surface area contributed by atoms with Gasteiger partial charge in [0.1, 0.15) is 17.8 Å². The van der Waals surface area contributed by atoms with Crippen molar-refractivity contribution in [1.29, 1.82) is 0 Å². The summed E-state index contributed by atoms with van der Waals surface area (Å²) < 4.78 is 22.8. The van der Waals surface area contributed by atoms with Crippen molar-refractivity contribution >= 4 is 67.7 Å². The largest absolute Gasteiger partial charge is 0.421 e. The molecule has 1 amide bonds. The number of rotatable bonds is 7. The van der Waals surface area contributed by atoms with E-state index in [1.165, 1.54) is 24.7 Å². The zero-order chi connectivity index (χ0) is 33.1. The van der Waals surface area contributed by atoms with Gasteiger partial charge >= 0.3 is 6.01 Å². The summed E-state index contributed by atoms with van der Waals surface area (Å²) >= 11 is 0. The van der Waals surface area contributed by atoms with Gasteiger partial charge in [-0.3, -0.25) is 4.79 Å². The topological polar surface area (TPSA) is 121 Å². The monoisotopic (exact) mass is 589 g/mol. The van der Waals surface area contributed by atoms with Gasteiger partial charge in [-0.1, -0.05) is 32.0 Å². The number of aryl methyl sites for hydroxylation is 2. The summed E-state index contributed by atoms with van der Waals surface area (Å²) in [6.45, 7) is 5.78. The molecule has 2 aromatic carbocycles. The van der Waals surface area contributed by atoms with Gasteiger partial charge in [0.05, 0.1) is 50.3 Å². The number of carbonyl (C=O) groups is 1. The summed E-state index contributed by atoms with van der Waals surface area (Å²) in [6.07, 6.45) is 2.88. The minimum Gasteiger partial charge on any atom is -0.421 e. The van der Waals surface area contributed by atoms with Crippen LogP contribution in [0.3, 0.4) is 0 Å². The first-order chi connectivity index (χ1) is 21.3. The number of nitrogens with two attached hydrogens (primary N) is 1. The molecule has 3 heterocycles. The number of carbonyl (C=O) groups excluding carboxylic acids is 1. The number of nitrogen functional groups attached to an aromatic ring is 1. The molecule has 15 heteroatoms. The number of ether oxygens (including phenoxy) is 1. The van der Waals surface area contributed by atoms with Gasteiger partial charge in [0.25, 0.3) is 0 Å². The Morgan fingerprint density at radius 1 is 1.00 bits per heavy atom. The third kappa shape index (κ3) is 6.98. The standard InChI is InChI=1S/C28H19B5FN7O2.C2H6/c1-13-9-10-36-27(39-13)43-18-8-5-15(11-17(18)34)19-20-24(35)37-12-38-25(20)41(2)22(19)14-3-6-16(7-4-14)40-26(42)21(23(29)30)28(31,32)33;1-2/h3-12H,1-2H3,(H,40,42)(H2,35,37,38);1-2H3. The van der Waals surface area contributed by atoms with E-state index in [1.54, 1.807) is 50.4 Å². The normalized spacial score (nSPS) is 11.0. The number of amides is 1. The van der Waals surface area contributed by atoms with Gasteiger partial charge in [-0.25, -0.2) is 24.3 Å². The van der Waals surface area contributed by atoms with E-state index in [0.29, 0.717) is 44.8 Å². The second-order valence-electron chi connectivity index (χ2n) is 9.76. The van der Waals surface area contributed by atoms with Crippen molar-refractivity contribution in [2.45, 2.75) is 25.9 Å². The summed E-state index contributed by atoms with van der Waals surface area (Å²) in [7, 11) is 29.9. The van der Waals surface area contributed by atoms with Crippen LogP contribution in [0.25, 0.3) is 33.4 Å². The van der Waals surface area contributed by atoms with E-state index in [-0.39, 0.29) is 23.2 Å². The van der Waals surface area contributed by atoms with Crippen molar-refractivity contribution < 1.29 is 13.9 Å². The predicted molar refractivity (Wildman–Crippen MR) is 179 cm³/mol. The van der Waals surface area contributed by atoms with Gasteiger partial charge in [0.2, 0.25) is 5.91 Å². The number of aromatic nitrogens is 5. The lowest BCUT2D eigenvalue weighted by molar-refractivity contribution is -0.112. The predicted octanol–water partition coefficient (Wildman–Crippen LogP) is 4.01. The average molecular weight is 589 g/mol. The van der Waals surface area contributed by atoms with E-state index < -0.39 is 22.2 Å². The molecule has 3 aromatic heterocycles. The summed E-state index contributed by atoms with van der Waals surface area (Å²) in [5.41, 5.74) is 9.95. The van der Waals surface area contributed by atoms with Crippen molar-refractivity contribution in [2.75, 3.05) is 11.1 Å². The van der Waals surface area contributed by atoms with Crippen molar-refractivity contribution in [3.63, 3.8) is 0 Å².